The van der Waals surface area contributed by atoms with Crippen LogP contribution in [0.25, 0.3) is 0 Å². The maximum Gasteiger partial charge on any atom is 0.0240 e. The van der Waals surface area contributed by atoms with Crippen molar-refractivity contribution in [2.75, 3.05) is 6.54 Å². The Morgan fingerprint density at radius 3 is 2.33 bits per heavy atom. The van der Waals surface area contributed by atoms with E-state index in [1.54, 1.807) is 0 Å². The molecular weight excluding hydrogens is 254 g/mol. The molecule has 3 atom stereocenters. The van der Waals surface area contributed by atoms with Crippen molar-refractivity contribution in [2.24, 2.45) is 22.2 Å². The molecular formula is C20H33N. The highest BCUT2D eigenvalue weighted by Gasteiger charge is 2.59. The van der Waals surface area contributed by atoms with E-state index < -0.39 is 0 Å². The molecule has 1 heteroatoms. The molecule has 0 aromatic rings. The van der Waals surface area contributed by atoms with E-state index in [-0.39, 0.29) is 0 Å². The van der Waals surface area contributed by atoms with Crippen molar-refractivity contribution in [3.05, 3.63) is 0 Å². The molecule has 3 unspecified atom stereocenters. The molecule has 4 bridgehead atoms. The summed E-state index contributed by atoms with van der Waals surface area (Å²) in [6.45, 7) is 8.49. The number of hydrogen-bond acceptors (Lipinski definition) is 1. The fourth-order valence-corrected chi connectivity index (χ4v) is 7.14. The Balaban J connectivity index is 1.76. The summed E-state index contributed by atoms with van der Waals surface area (Å²) in [6.07, 6.45) is 17.9. The minimum atomic E-state index is 0.540. The van der Waals surface area contributed by atoms with Gasteiger partial charge in [0.15, 0.2) is 0 Å². The highest BCUT2D eigenvalue weighted by molar-refractivity contribution is 5.11. The summed E-state index contributed by atoms with van der Waals surface area (Å²) in [5, 5.41) is 3.73. The van der Waals surface area contributed by atoms with Gasteiger partial charge in [-0.15, -0.1) is 12.3 Å². The first-order valence-corrected chi connectivity index (χ1v) is 9.07. The van der Waals surface area contributed by atoms with Crippen LogP contribution in [0.5, 0.6) is 0 Å². The van der Waals surface area contributed by atoms with Crippen LogP contribution >= 0.6 is 0 Å². The molecule has 1 nitrogen and oxygen atoms in total. The Labute approximate surface area is 131 Å². The predicted octanol–water partition coefficient (Wildman–Crippen LogP) is 4.76. The van der Waals surface area contributed by atoms with Gasteiger partial charge in [0.05, 0.1) is 0 Å². The third kappa shape index (κ3) is 3.02. The number of hydrogen-bond donors (Lipinski definition) is 1. The Kier molecular flexibility index (Phi) is 3.90. The standard InChI is InChI=1S/C20H33N/c1-5-7-17(21-8-6-2)12-20-11-16-9-18(3,14-20)13-19(4,10-16)15-20/h1,16-17,21H,6-15H2,2-4H3. The summed E-state index contributed by atoms with van der Waals surface area (Å²) in [5.41, 5.74) is 1.84. The van der Waals surface area contributed by atoms with Crippen LogP contribution in [0.15, 0.2) is 0 Å². The van der Waals surface area contributed by atoms with E-state index in [0.717, 1.165) is 18.9 Å². The minimum Gasteiger partial charge on any atom is -0.313 e. The second-order valence-electron chi connectivity index (χ2n) is 9.39. The van der Waals surface area contributed by atoms with Crippen molar-refractivity contribution >= 4 is 0 Å². The van der Waals surface area contributed by atoms with Crippen LogP contribution in [0.2, 0.25) is 0 Å². The van der Waals surface area contributed by atoms with E-state index in [9.17, 15) is 0 Å². The predicted molar refractivity (Wildman–Crippen MR) is 90.0 cm³/mol. The second kappa shape index (κ2) is 5.31. The van der Waals surface area contributed by atoms with Gasteiger partial charge in [0.1, 0.15) is 0 Å². The van der Waals surface area contributed by atoms with Crippen LogP contribution in [0.4, 0.5) is 0 Å². The number of terminal acetylenes is 1. The van der Waals surface area contributed by atoms with Gasteiger partial charge in [-0.05, 0) is 80.1 Å². The van der Waals surface area contributed by atoms with E-state index in [0.29, 0.717) is 22.3 Å². The van der Waals surface area contributed by atoms with E-state index in [1.165, 1.54) is 51.4 Å². The van der Waals surface area contributed by atoms with Gasteiger partial charge >= 0.3 is 0 Å². The van der Waals surface area contributed by atoms with Crippen LogP contribution in [0.1, 0.15) is 78.6 Å². The summed E-state index contributed by atoms with van der Waals surface area (Å²) in [6, 6.07) is 0.540. The van der Waals surface area contributed by atoms with E-state index in [4.69, 9.17) is 6.42 Å². The fraction of sp³-hybridized carbons (Fsp3) is 0.900. The number of rotatable bonds is 6. The highest BCUT2D eigenvalue weighted by Crippen LogP contribution is 2.70. The molecule has 0 radical (unpaired) electrons. The van der Waals surface area contributed by atoms with Crippen LogP contribution in [-0.4, -0.2) is 12.6 Å². The second-order valence-corrected chi connectivity index (χ2v) is 9.39. The molecule has 4 rings (SSSR count). The van der Waals surface area contributed by atoms with E-state index in [1.807, 2.05) is 0 Å². The summed E-state index contributed by atoms with van der Waals surface area (Å²) in [7, 11) is 0. The SMILES string of the molecule is C#CCC(CC12CC3CC(C)(CC(C)(C3)C1)C2)NCCC. The fourth-order valence-electron chi connectivity index (χ4n) is 7.14. The zero-order valence-electron chi connectivity index (χ0n) is 14.3. The van der Waals surface area contributed by atoms with Crippen molar-refractivity contribution in [3.8, 4) is 12.3 Å². The molecule has 118 valence electrons. The maximum atomic E-state index is 5.63. The average molecular weight is 287 g/mol. The van der Waals surface area contributed by atoms with Gasteiger partial charge < -0.3 is 5.32 Å². The molecule has 0 aliphatic heterocycles. The van der Waals surface area contributed by atoms with Gasteiger partial charge in [-0.25, -0.2) is 0 Å². The van der Waals surface area contributed by atoms with Crippen LogP contribution in [-0.2, 0) is 0 Å². The third-order valence-electron chi connectivity index (χ3n) is 6.47. The topological polar surface area (TPSA) is 12.0 Å². The van der Waals surface area contributed by atoms with Gasteiger partial charge in [-0.3, -0.25) is 0 Å². The molecule has 4 saturated carbocycles. The summed E-state index contributed by atoms with van der Waals surface area (Å²) in [5.74, 6) is 3.91. The van der Waals surface area contributed by atoms with Crippen molar-refractivity contribution in [1.29, 1.82) is 0 Å². The molecule has 0 spiro atoms. The first-order valence-electron chi connectivity index (χ1n) is 9.07. The molecule has 4 fully saturated rings. The monoisotopic (exact) mass is 287 g/mol. The lowest BCUT2D eigenvalue weighted by Gasteiger charge is -2.66. The Bertz CT molecular complexity index is 414. The molecule has 1 N–H and O–H groups in total. The third-order valence-corrected chi connectivity index (χ3v) is 6.47. The molecule has 0 amide bonds. The molecule has 0 aromatic heterocycles. The van der Waals surface area contributed by atoms with Crippen LogP contribution in [0, 0.1) is 34.5 Å². The van der Waals surface area contributed by atoms with Gasteiger partial charge in [0.2, 0.25) is 0 Å². The lowest BCUT2D eigenvalue weighted by Crippen LogP contribution is -2.56. The molecule has 21 heavy (non-hydrogen) atoms. The van der Waals surface area contributed by atoms with E-state index >= 15 is 0 Å². The smallest absolute Gasteiger partial charge is 0.0240 e. The molecule has 0 aromatic carbocycles. The Hall–Kier alpha value is -0.480. The van der Waals surface area contributed by atoms with Gasteiger partial charge in [-0.2, -0.15) is 0 Å². The number of nitrogens with one attached hydrogen (secondary N) is 1. The summed E-state index contributed by atoms with van der Waals surface area (Å²) in [4.78, 5) is 0. The van der Waals surface area contributed by atoms with Gasteiger partial charge in [0, 0.05) is 12.5 Å². The lowest BCUT2D eigenvalue weighted by atomic mass is 9.39. The lowest BCUT2D eigenvalue weighted by molar-refractivity contribution is -0.150. The molecule has 4 aliphatic carbocycles. The normalized spacial score (nSPS) is 45.5. The molecule has 4 aliphatic rings. The van der Waals surface area contributed by atoms with Gasteiger partial charge in [0.25, 0.3) is 0 Å². The first kappa shape index (κ1) is 15.4. The summed E-state index contributed by atoms with van der Waals surface area (Å²) >= 11 is 0. The minimum absolute atomic E-state index is 0.540. The highest BCUT2D eigenvalue weighted by atomic mass is 14.9. The average Bonchev–Trinajstić information content (AvgIpc) is 2.31. The van der Waals surface area contributed by atoms with Crippen LogP contribution < -0.4 is 5.32 Å². The van der Waals surface area contributed by atoms with E-state index in [2.05, 4.69) is 32.0 Å². The summed E-state index contributed by atoms with van der Waals surface area (Å²) < 4.78 is 0. The van der Waals surface area contributed by atoms with Crippen molar-refractivity contribution in [3.63, 3.8) is 0 Å². The van der Waals surface area contributed by atoms with Crippen molar-refractivity contribution < 1.29 is 0 Å². The zero-order valence-corrected chi connectivity index (χ0v) is 14.3. The Morgan fingerprint density at radius 2 is 1.81 bits per heavy atom. The Morgan fingerprint density at radius 1 is 1.14 bits per heavy atom. The van der Waals surface area contributed by atoms with Crippen molar-refractivity contribution in [1.82, 2.24) is 5.32 Å². The van der Waals surface area contributed by atoms with Gasteiger partial charge in [-0.1, -0.05) is 20.8 Å². The molecule has 0 heterocycles. The maximum absolute atomic E-state index is 5.63. The molecule has 0 saturated heterocycles. The van der Waals surface area contributed by atoms with Crippen molar-refractivity contribution in [2.45, 2.75) is 84.6 Å². The first-order chi connectivity index (χ1) is 9.90. The largest absolute Gasteiger partial charge is 0.313 e. The zero-order chi connectivity index (χ0) is 15.1. The quantitative estimate of drug-likeness (QED) is 0.694. The van der Waals surface area contributed by atoms with Crippen LogP contribution in [0.3, 0.4) is 0 Å².